The van der Waals surface area contributed by atoms with E-state index in [0.717, 1.165) is 23.7 Å². The van der Waals surface area contributed by atoms with Gasteiger partial charge < -0.3 is 8.61 Å². The highest BCUT2D eigenvalue weighted by molar-refractivity contribution is 7.87. The summed E-state index contributed by atoms with van der Waals surface area (Å²) < 4.78 is 70.3. The lowest BCUT2D eigenvalue weighted by Crippen LogP contribution is -2.29. The molecule has 2 unspecified atom stereocenters. The van der Waals surface area contributed by atoms with Crippen LogP contribution in [0.15, 0.2) is 22.7 Å². The monoisotopic (exact) mass is 676 g/mol. The quantitative estimate of drug-likeness (QED) is 0.131. The van der Waals surface area contributed by atoms with Crippen LogP contribution in [0.5, 0.6) is 0 Å². The molecule has 2 fully saturated rings. The van der Waals surface area contributed by atoms with Crippen molar-refractivity contribution in [3.63, 3.8) is 0 Å². The van der Waals surface area contributed by atoms with Gasteiger partial charge >= 0.3 is 15.6 Å². The predicted octanol–water partition coefficient (Wildman–Crippen LogP) is 12.1. The number of hydrogen-bond acceptors (Lipinski definition) is 4. The van der Waals surface area contributed by atoms with Crippen LogP contribution >= 0.6 is 0 Å². The predicted molar refractivity (Wildman–Crippen MR) is 181 cm³/mol. The molecule has 4 nitrogen and oxygen atoms in total. The molecule has 9 heteroatoms. The van der Waals surface area contributed by atoms with Gasteiger partial charge in [-0.25, -0.2) is 0 Å². The maximum absolute atomic E-state index is 12.4. The van der Waals surface area contributed by atoms with Crippen LogP contribution in [0.2, 0.25) is 19.6 Å². The zero-order valence-electron chi connectivity index (χ0n) is 29.4. The lowest BCUT2D eigenvalue weighted by atomic mass is 9.70. The fourth-order valence-electron chi connectivity index (χ4n) is 8.60. The third-order valence-corrected chi connectivity index (χ3v) is 12.9. The molecule has 0 N–H and O–H groups in total. The first-order chi connectivity index (χ1) is 21.0. The van der Waals surface area contributed by atoms with E-state index in [1.54, 1.807) is 12.5 Å². The molecule has 262 valence electrons. The van der Waals surface area contributed by atoms with Crippen molar-refractivity contribution in [3.8, 4) is 0 Å². The van der Waals surface area contributed by atoms with Crippen LogP contribution in [0.1, 0.15) is 143 Å². The zero-order valence-corrected chi connectivity index (χ0v) is 31.2. The van der Waals surface area contributed by atoms with E-state index < -0.39 is 23.9 Å². The normalized spacial score (nSPS) is 30.4. The van der Waals surface area contributed by atoms with Crippen molar-refractivity contribution in [1.29, 1.82) is 0 Å². The molecule has 4 aliphatic carbocycles. The van der Waals surface area contributed by atoms with Gasteiger partial charge in [0.25, 0.3) is 0 Å². The molecule has 0 radical (unpaired) electrons. The summed E-state index contributed by atoms with van der Waals surface area (Å²) in [6.07, 6.45) is 21.7. The fourth-order valence-corrected chi connectivity index (χ4v) is 10.2. The van der Waals surface area contributed by atoms with Gasteiger partial charge in [-0.05, 0) is 132 Å². The summed E-state index contributed by atoms with van der Waals surface area (Å²) in [7, 11) is -6.97. The van der Waals surface area contributed by atoms with Gasteiger partial charge in [0.1, 0.15) is 5.76 Å². The van der Waals surface area contributed by atoms with Crippen molar-refractivity contribution in [2.45, 2.75) is 168 Å². The Morgan fingerprint density at radius 2 is 1.07 bits per heavy atom. The average molecular weight is 677 g/mol. The molecule has 2 saturated carbocycles. The van der Waals surface area contributed by atoms with E-state index in [0.29, 0.717) is 30.3 Å². The minimum Gasteiger partial charge on any atom is -0.547 e. The molecule has 0 aromatic rings. The van der Waals surface area contributed by atoms with Gasteiger partial charge in [0.2, 0.25) is 8.32 Å². The fraction of sp³-hybridized carbons (Fsp3) is 0.889. The maximum Gasteiger partial charge on any atom is 0.534 e. The van der Waals surface area contributed by atoms with Crippen molar-refractivity contribution < 1.29 is 30.2 Å². The van der Waals surface area contributed by atoms with E-state index in [1.807, 2.05) is 0 Å². The van der Waals surface area contributed by atoms with Crippen LogP contribution in [0.4, 0.5) is 13.2 Å². The topological polar surface area (TPSA) is 52.6 Å². The van der Waals surface area contributed by atoms with Crippen LogP contribution in [0.3, 0.4) is 0 Å². The van der Waals surface area contributed by atoms with Crippen LogP contribution < -0.4 is 0 Å². The highest BCUT2D eigenvalue weighted by Gasteiger charge is 2.49. The van der Waals surface area contributed by atoms with E-state index >= 15 is 0 Å². The molecule has 0 aromatic heterocycles. The Balaban J connectivity index is 0.000000248. The van der Waals surface area contributed by atoms with E-state index in [1.165, 1.54) is 102 Å². The van der Waals surface area contributed by atoms with E-state index in [4.69, 9.17) is 4.43 Å². The second-order valence-corrected chi connectivity index (χ2v) is 21.7. The Bertz CT molecular complexity index is 1090. The second-order valence-electron chi connectivity index (χ2n) is 15.7. The molecular weight excluding hydrogens is 614 g/mol. The van der Waals surface area contributed by atoms with Crippen LogP contribution in [0.25, 0.3) is 0 Å². The number of hydrogen-bond donors (Lipinski definition) is 0. The first kappa shape index (κ1) is 38.5. The summed E-state index contributed by atoms with van der Waals surface area (Å²) in [6.45, 7) is 15.5. The van der Waals surface area contributed by atoms with Crippen molar-refractivity contribution in [2.24, 2.45) is 35.5 Å². The Morgan fingerprint density at radius 1 is 0.667 bits per heavy atom. The number of alkyl halides is 3. The van der Waals surface area contributed by atoms with Gasteiger partial charge in [0.15, 0.2) is 0 Å². The minimum atomic E-state index is -5.54. The number of halogens is 3. The minimum absolute atomic E-state index is 0.0109. The summed E-state index contributed by atoms with van der Waals surface area (Å²) >= 11 is 0. The van der Waals surface area contributed by atoms with Crippen molar-refractivity contribution in [2.75, 3.05) is 0 Å². The molecule has 0 saturated heterocycles. The standard InChI is InChI=1S/C19H36OSi.C17H27F3O3S/c1-6-7-16-8-10-17(11-9-16)18-12-13-19(15(2)14-18)20-21(3,4)5;1-3-4-13-5-7-14(8-6-13)15-9-10-16(12(2)11-15)23-24(21,22)17(18,19)20/h16-18H,6-14H2,1-5H3;13-15H,3-11H2,1-2H3. The summed E-state index contributed by atoms with van der Waals surface area (Å²) in [5.41, 5.74) is -3.16. The Morgan fingerprint density at radius 3 is 1.40 bits per heavy atom. The molecule has 45 heavy (non-hydrogen) atoms. The third-order valence-electron chi connectivity index (χ3n) is 11.0. The van der Waals surface area contributed by atoms with Gasteiger partial charge in [-0.15, -0.1) is 0 Å². The summed E-state index contributed by atoms with van der Waals surface area (Å²) in [4.78, 5) is 0. The van der Waals surface area contributed by atoms with Gasteiger partial charge in [0, 0.05) is 12.8 Å². The summed E-state index contributed by atoms with van der Waals surface area (Å²) in [5, 5.41) is 0. The molecule has 0 bridgehead atoms. The average Bonchev–Trinajstić information content (AvgIpc) is 2.95. The lowest BCUT2D eigenvalue weighted by molar-refractivity contribution is -0.0525. The first-order valence-corrected chi connectivity index (χ1v) is 22.9. The number of allylic oxidation sites excluding steroid dienone is 4. The molecule has 0 spiro atoms. The summed E-state index contributed by atoms with van der Waals surface area (Å²) in [5.74, 6) is 6.19. The Kier molecular flexibility index (Phi) is 14.5. The van der Waals surface area contributed by atoms with Gasteiger partial charge in [-0.2, -0.15) is 21.6 Å². The molecule has 2 atom stereocenters. The Labute approximate surface area is 274 Å². The highest BCUT2D eigenvalue weighted by atomic mass is 32.2. The van der Waals surface area contributed by atoms with Gasteiger partial charge in [0.05, 0.1) is 5.76 Å². The number of rotatable bonds is 10. The SMILES string of the molecule is CCCC1CCC(C2CCC(OS(=O)(=O)C(F)(F)F)=C(C)C2)CC1.CCCC1CCC(C2CCC(O[Si](C)(C)C)=C(C)C2)CC1. The second kappa shape index (κ2) is 16.9. The van der Waals surface area contributed by atoms with Crippen LogP contribution in [0, 0.1) is 35.5 Å². The first-order valence-electron chi connectivity index (χ1n) is 18.1. The highest BCUT2D eigenvalue weighted by Crippen LogP contribution is 2.44. The van der Waals surface area contributed by atoms with Crippen LogP contribution in [-0.2, 0) is 18.7 Å². The smallest absolute Gasteiger partial charge is 0.534 e. The molecular formula is C36H63F3O4SSi. The molecule has 0 amide bonds. The zero-order chi connectivity index (χ0) is 33.4. The van der Waals surface area contributed by atoms with Crippen molar-refractivity contribution >= 4 is 18.4 Å². The third kappa shape index (κ3) is 11.9. The van der Waals surface area contributed by atoms with E-state index in [9.17, 15) is 21.6 Å². The van der Waals surface area contributed by atoms with Crippen molar-refractivity contribution in [3.05, 3.63) is 22.7 Å². The van der Waals surface area contributed by atoms with Gasteiger partial charge in [-0.1, -0.05) is 65.2 Å². The molecule has 4 aliphatic rings. The maximum atomic E-state index is 12.4. The lowest BCUT2D eigenvalue weighted by Gasteiger charge is -2.37. The molecule has 0 aromatic carbocycles. The Hall–Kier alpha value is -0.963. The molecule has 4 rings (SSSR count). The molecule has 0 aliphatic heterocycles. The summed E-state index contributed by atoms with van der Waals surface area (Å²) in [6, 6.07) is 0. The van der Waals surface area contributed by atoms with Gasteiger partial charge in [-0.3, -0.25) is 0 Å². The van der Waals surface area contributed by atoms with Crippen LogP contribution in [-0.4, -0.2) is 22.2 Å². The molecule has 0 heterocycles. The van der Waals surface area contributed by atoms with E-state index in [-0.39, 0.29) is 12.2 Å². The largest absolute Gasteiger partial charge is 0.547 e. The van der Waals surface area contributed by atoms with E-state index in [2.05, 4.69) is 44.6 Å². The van der Waals surface area contributed by atoms with Crippen molar-refractivity contribution in [1.82, 2.24) is 0 Å².